The van der Waals surface area contributed by atoms with Crippen molar-refractivity contribution in [1.29, 1.82) is 0 Å². The first-order valence-electron chi connectivity index (χ1n) is 5.29. The lowest BCUT2D eigenvalue weighted by atomic mass is 10.2. The maximum absolute atomic E-state index is 6.14. The quantitative estimate of drug-likeness (QED) is 0.607. The first-order chi connectivity index (χ1) is 8.97. The Morgan fingerprint density at radius 3 is 2.11 bits per heavy atom. The van der Waals surface area contributed by atoms with Crippen molar-refractivity contribution in [3.63, 3.8) is 0 Å². The molecule has 2 aromatic rings. The number of anilines is 1. The molecular formula is C13H8BrCl4N. The van der Waals surface area contributed by atoms with Crippen molar-refractivity contribution in [1.82, 2.24) is 0 Å². The van der Waals surface area contributed by atoms with Crippen LogP contribution in [0.15, 0.2) is 34.8 Å². The third-order valence-corrected chi connectivity index (χ3v) is 4.14. The van der Waals surface area contributed by atoms with Gasteiger partial charge in [0.2, 0.25) is 0 Å². The van der Waals surface area contributed by atoms with E-state index >= 15 is 0 Å². The average Bonchev–Trinajstić information content (AvgIpc) is 2.30. The Hall–Kier alpha value is -0.120. The van der Waals surface area contributed by atoms with E-state index in [2.05, 4.69) is 21.2 Å². The zero-order valence-electron chi connectivity index (χ0n) is 9.48. The van der Waals surface area contributed by atoms with E-state index in [4.69, 9.17) is 46.4 Å². The van der Waals surface area contributed by atoms with Gasteiger partial charge in [-0.15, -0.1) is 0 Å². The standard InChI is InChI=1S/C13H8BrCl4N/c14-8-2-1-7(10(16)3-8)6-19-13-11(17)4-9(15)5-12(13)18/h1-5,19H,6H2. The molecule has 0 aromatic heterocycles. The molecule has 0 atom stereocenters. The Morgan fingerprint density at radius 1 is 0.895 bits per heavy atom. The van der Waals surface area contributed by atoms with Gasteiger partial charge in [-0.2, -0.15) is 0 Å². The summed E-state index contributed by atoms with van der Waals surface area (Å²) in [6.45, 7) is 0.521. The zero-order chi connectivity index (χ0) is 14.0. The molecule has 2 aromatic carbocycles. The van der Waals surface area contributed by atoms with Crippen molar-refractivity contribution in [3.8, 4) is 0 Å². The predicted molar refractivity (Wildman–Crippen MR) is 88.0 cm³/mol. The Labute approximate surface area is 139 Å². The van der Waals surface area contributed by atoms with E-state index in [-0.39, 0.29) is 0 Å². The molecule has 6 heteroatoms. The molecule has 0 unspecified atom stereocenters. The predicted octanol–water partition coefficient (Wildman–Crippen LogP) is 6.67. The highest BCUT2D eigenvalue weighted by Crippen LogP contribution is 2.34. The van der Waals surface area contributed by atoms with E-state index in [0.29, 0.717) is 32.3 Å². The summed E-state index contributed by atoms with van der Waals surface area (Å²) in [5, 5.41) is 5.29. The third kappa shape index (κ3) is 3.93. The van der Waals surface area contributed by atoms with Gasteiger partial charge >= 0.3 is 0 Å². The molecule has 100 valence electrons. The number of benzene rings is 2. The number of nitrogens with one attached hydrogen (secondary N) is 1. The van der Waals surface area contributed by atoms with Gasteiger partial charge in [0.1, 0.15) is 0 Å². The van der Waals surface area contributed by atoms with Crippen molar-refractivity contribution in [2.24, 2.45) is 0 Å². The van der Waals surface area contributed by atoms with Crippen LogP contribution in [0.5, 0.6) is 0 Å². The van der Waals surface area contributed by atoms with Gasteiger partial charge in [-0.3, -0.25) is 0 Å². The lowest BCUT2D eigenvalue weighted by Crippen LogP contribution is -2.01. The molecule has 0 saturated heterocycles. The van der Waals surface area contributed by atoms with Crippen molar-refractivity contribution in [2.75, 3.05) is 5.32 Å². The Balaban J connectivity index is 2.19. The van der Waals surface area contributed by atoms with Crippen LogP contribution in [0.1, 0.15) is 5.56 Å². The Morgan fingerprint density at radius 2 is 1.53 bits per heavy atom. The van der Waals surface area contributed by atoms with Crippen LogP contribution in [0.4, 0.5) is 5.69 Å². The minimum absolute atomic E-state index is 0.478. The maximum atomic E-state index is 6.14. The van der Waals surface area contributed by atoms with Crippen molar-refractivity contribution in [3.05, 3.63) is 60.5 Å². The topological polar surface area (TPSA) is 12.0 Å². The Bertz CT molecular complexity index is 593. The second kappa shape index (κ2) is 6.55. The maximum Gasteiger partial charge on any atom is 0.0722 e. The smallest absolute Gasteiger partial charge is 0.0722 e. The first kappa shape index (κ1) is 15.3. The molecular weight excluding hydrogens is 392 g/mol. The summed E-state index contributed by atoms with van der Waals surface area (Å²) in [4.78, 5) is 0. The van der Waals surface area contributed by atoms with Crippen molar-refractivity contribution >= 4 is 68.0 Å². The molecule has 0 amide bonds. The van der Waals surface area contributed by atoms with E-state index in [1.54, 1.807) is 12.1 Å². The number of rotatable bonds is 3. The van der Waals surface area contributed by atoms with E-state index in [0.717, 1.165) is 10.0 Å². The van der Waals surface area contributed by atoms with Gasteiger partial charge in [0, 0.05) is 21.1 Å². The fourth-order valence-electron chi connectivity index (χ4n) is 1.56. The molecule has 19 heavy (non-hydrogen) atoms. The average molecular weight is 400 g/mol. The largest absolute Gasteiger partial charge is 0.378 e. The van der Waals surface area contributed by atoms with Gasteiger partial charge in [0.25, 0.3) is 0 Å². The SMILES string of the molecule is Clc1cc(Cl)c(NCc2ccc(Br)cc2Cl)c(Cl)c1. The van der Waals surface area contributed by atoms with Gasteiger partial charge in [0.05, 0.1) is 15.7 Å². The second-order valence-corrected chi connectivity index (χ2v) is 6.41. The van der Waals surface area contributed by atoms with E-state index in [9.17, 15) is 0 Å². The van der Waals surface area contributed by atoms with Gasteiger partial charge < -0.3 is 5.32 Å². The van der Waals surface area contributed by atoms with Crippen LogP contribution in [0.2, 0.25) is 20.1 Å². The monoisotopic (exact) mass is 397 g/mol. The third-order valence-electron chi connectivity index (χ3n) is 2.48. The van der Waals surface area contributed by atoms with Crippen molar-refractivity contribution in [2.45, 2.75) is 6.54 Å². The summed E-state index contributed by atoms with van der Waals surface area (Å²) in [6, 6.07) is 8.97. The highest BCUT2D eigenvalue weighted by Gasteiger charge is 2.08. The second-order valence-electron chi connectivity index (χ2n) is 3.83. The van der Waals surface area contributed by atoms with Crippen LogP contribution in [0, 0.1) is 0 Å². The fourth-order valence-corrected chi connectivity index (χ4v) is 3.25. The normalized spacial score (nSPS) is 10.6. The lowest BCUT2D eigenvalue weighted by Gasteiger charge is -2.12. The molecule has 0 heterocycles. The molecule has 2 rings (SSSR count). The molecule has 0 aliphatic carbocycles. The van der Waals surface area contributed by atoms with Crippen molar-refractivity contribution < 1.29 is 0 Å². The van der Waals surface area contributed by atoms with E-state index in [1.165, 1.54) is 0 Å². The van der Waals surface area contributed by atoms with Crippen LogP contribution in [-0.4, -0.2) is 0 Å². The minimum atomic E-state index is 0.478. The van der Waals surface area contributed by atoms with Crippen LogP contribution in [-0.2, 0) is 6.54 Å². The zero-order valence-corrected chi connectivity index (χ0v) is 14.1. The molecule has 1 nitrogen and oxygen atoms in total. The van der Waals surface area contributed by atoms with Gasteiger partial charge in [0.15, 0.2) is 0 Å². The summed E-state index contributed by atoms with van der Waals surface area (Å²) in [7, 11) is 0. The highest BCUT2D eigenvalue weighted by atomic mass is 79.9. The molecule has 0 fully saturated rings. The summed E-state index contributed by atoms with van der Waals surface area (Å²) in [5.41, 5.74) is 1.60. The number of hydrogen-bond donors (Lipinski definition) is 1. The first-order valence-corrected chi connectivity index (χ1v) is 7.60. The Kier molecular flexibility index (Phi) is 5.27. The van der Waals surface area contributed by atoms with Gasteiger partial charge in [-0.05, 0) is 29.8 Å². The van der Waals surface area contributed by atoms with Crippen LogP contribution in [0.3, 0.4) is 0 Å². The lowest BCUT2D eigenvalue weighted by molar-refractivity contribution is 1.15. The van der Waals surface area contributed by atoms with Crippen LogP contribution >= 0.6 is 62.3 Å². The summed E-state index contributed by atoms with van der Waals surface area (Å²) in [5.74, 6) is 0. The van der Waals surface area contributed by atoms with Crippen LogP contribution in [0.25, 0.3) is 0 Å². The molecule has 0 aliphatic rings. The summed E-state index contributed by atoms with van der Waals surface area (Å²) >= 11 is 27.6. The molecule has 1 N–H and O–H groups in total. The number of hydrogen-bond acceptors (Lipinski definition) is 1. The summed E-state index contributed by atoms with van der Waals surface area (Å²) in [6.07, 6.45) is 0. The van der Waals surface area contributed by atoms with E-state index in [1.807, 2.05) is 18.2 Å². The molecule has 0 saturated carbocycles. The number of halogens is 5. The molecule has 0 bridgehead atoms. The minimum Gasteiger partial charge on any atom is -0.378 e. The molecule has 0 spiro atoms. The molecule has 0 radical (unpaired) electrons. The van der Waals surface area contributed by atoms with Gasteiger partial charge in [-0.25, -0.2) is 0 Å². The molecule has 0 aliphatic heterocycles. The van der Waals surface area contributed by atoms with E-state index < -0.39 is 0 Å². The fraction of sp³-hybridized carbons (Fsp3) is 0.0769. The highest BCUT2D eigenvalue weighted by molar-refractivity contribution is 9.10. The summed E-state index contributed by atoms with van der Waals surface area (Å²) < 4.78 is 0.934. The van der Waals surface area contributed by atoms with Gasteiger partial charge in [-0.1, -0.05) is 68.4 Å². The van der Waals surface area contributed by atoms with Crippen LogP contribution < -0.4 is 5.32 Å².